The van der Waals surface area contributed by atoms with Crippen molar-refractivity contribution in [1.29, 1.82) is 0 Å². The van der Waals surface area contributed by atoms with Crippen LogP contribution >= 0.6 is 0 Å². The molecule has 2 bridgehead atoms. The minimum atomic E-state index is -0.398. The lowest BCUT2D eigenvalue weighted by Gasteiger charge is -2.34. The van der Waals surface area contributed by atoms with Crippen molar-refractivity contribution in [2.24, 2.45) is 0 Å². The van der Waals surface area contributed by atoms with Gasteiger partial charge >= 0.3 is 0 Å². The van der Waals surface area contributed by atoms with Crippen LogP contribution in [0.5, 0.6) is 0 Å². The summed E-state index contributed by atoms with van der Waals surface area (Å²) < 4.78 is 0. The second-order valence-corrected chi connectivity index (χ2v) is 8.56. The van der Waals surface area contributed by atoms with E-state index < -0.39 is 11.8 Å². The summed E-state index contributed by atoms with van der Waals surface area (Å²) in [6.07, 6.45) is 2.98. The quantitative estimate of drug-likeness (QED) is 0.554. The Kier molecular flexibility index (Phi) is 4.53. The first-order valence-corrected chi connectivity index (χ1v) is 10.2. The molecule has 3 fully saturated rings. The van der Waals surface area contributed by atoms with Crippen molar-refractivity contribution in [3.8, 4) is 0 Å². The first kappa shape index (κ1) is 18.0. The zero-order valence-corrected chi connectivity index (χ0v) is 15.9. The lowest BCUT2D eigenvalue weighted by molar-refractivity contribution is -0.131. The Bertz CT molecular complexity index is 818. The van der Waals surface area contributed by atoms with Crippen LogP contribution in [0.3, 0.4) is 0 Å². The number of ketones is 1. The lowest BCUT2D eigenvalue weighted by Crippen LogP contribution is -2.52. The number of nitrogens with one attached hydrogen (secondary N) is 2. The van der Waals surface area contributed by atoms with Crippen molar-refractivity contribution in [1.82, 2.24) is 20.4 Å². The molecule has 4 aliphatic rings. The van der Waals surface area contributed by atoms with E-state index in [-0.39, 0.29) is 11.9 Å². The summed E-state index contributed by atoms with van der Waals surface area (Å²) in [6.45, 7) is 4.34. The number of hydrogen-bond acceptors (Lipinski definition) is 6. The van der Waals surface area contributed by atoms with Crippen LogP contribution < -0.4 is 10.6 Å². The Morgan fingerprint density at radius 3 is 2.71 bits per heavy atom. The molecule has 0 spiro atoms. The van der Waals surface area contributed by atoms with Gasteiger partial charge in [0.2, 0.25) is 5.78 Å². The molecule has 2 N–H and O–H groups in total. The number of hydrogen-bond donors (Lipinski definition) is 2. The van der Waals surface area contributed by atoms with Gasteiger partial charge in [-0.1, -0.05) is 12.1 Å². The van der Waals surface area contributed by atoms with Gasteiger partial charge < -0.3 is 15.5 Å². The van der Waals surface area contributed by atoms with Gasteiger partial charge in [-0.3, -0.25) is 19.3 Å². The van der Waals surface area contributed by atoms with Gasteiger partial charge in [0.1, 0.15) is 0 Å². The number of nitrogens with zero attached hydrogens (tertiary/aromatic N) is 2. The van der Waals surface area contributed by atoms with E-state index in [4.69, 9.17) is 0 Å². The second-order valence-electron chi connectivity index (χ2n) is 8.56. The number of amides is 1. The number of fused-ring (bicyclic) bond motifs is 3. The van der Waals surface area contributed by atoms with Gasteiger partial charge in [-0.25, -0.2) is 0 Å². The van der Waals surface area contributed by atoms with Crippen LogP contribution in [0.2, 0.25) is 0 Å². The summed E-state index contributed by atoms with van der Waals surface area (Å²) in [5.74, 6) is -0.317. The highest BCUT2D eigenvalue weighted by molar-refractivity contribution is 6.27. The Morgan fingerprint density at radius 2 is 2.04 bits per heavy atom. The van der Waals surface area contributed by atoms with Gasteiger partial charge in [0.15, 0.2) is 6.29 Å². The van der Waals surface area contributed by atoms with Crippen LogP contribution in [0.25, 0.3) is 0 Å². The monoisotopic (exact) mass is 382 g/mol. The fraction of sp³-hybridized carbons (Fsp3) is 0.571. The Balaban J connectivity index is 1.24. The highest BCUT2D eigenvalue weighted by atomic mass is 16.2. The summed E-state index contributed by atoms with van der Waals surface area (Å²) in [6, 6.07) is 7.23. The number of benzene rings is 1. The van der Waals surface area contributed by atoms with Crippen molar-refractivity contribution in [3.63, 3.8) is 0 Å². The minimum Gasteiger partial charge on any atom is -0.330 e. The average molecular weight is 382 g/mol. The van der Waals surface area contributed by atoms with E-state index in [0.717, 1.165) is 37.2 Å². The molecule has 4 heterocycles. The molecule has 0 aromatic heterocycles. The highest BCUT2D eigenvalue weighted by Gasteiger charge is 2.38. The molecule has 4 aliphatic heterocycles. The molecule has 0 radical (unpaired) electrons. The number of carbonyl (C=O) groups is 3. The van der Waals surface area contributed by atoms with E-state index in [1.54, 1.807) is 0 Å². The predicted octanol–water partition coefficient (Wildman–Crippen LogP) is 0.0771. The molecule has 4 unspecified atom stereocenters. The van der Waals surface area contributed by atoms with Crippen molar-refractivity contribution in [2.45, 2.75) is 56.5 Å². The van der Waals surface area contributed by atoms with Crippen molar-refractivity contribution >= 4 is 18.0 Å². The Labute approximate surface area is 164 Å². The molecule has 148 valence electrons. The molecule has 4 atom stereocenters. The van der Waals surface area contributed by atoms with Crippen LogP contribution in [0.15, 0.2) is 18.2 Å². The molecule has 1 aromatic rings. The van der Waals surface area contributed by atoms with Gasteiger partial charge in [-0.05, 0) is 36.5 Å². The maximum atomic E-state index is 12.9. The molecule has 1 amide bonds. The first-order valence-electron chi connectivity index (χ1n) is 10.2. The third-order valence-electron chi connectivity index (χ3n) is 6.85. The third kappa shape index (κ3) is 3.07. The predicted molar refractivity (Wildman–Crippen MR) is 103 cm³/mol. The van der Waals surface area contributed by atoms with Crippen LogP contribution in [-0.2, 0) is 22.7 Å². The average Bonchev–Trinajstić information content (AvgIpc) is 3.42. The summed E-state index contributed by atoms with van der Waals surface area (Å²) in [7, 11) is 0. The normalized spacial score (nSPS) is 32.0. The standard InChI is InChI=1S/C21H26N4O3/c26-12-20(27)19-4-2-16(7-23-19)25-10-14-5-13(1-3-18(14)21(25)28)9-24-11-15-6-17(24)8-22-15/h1,3,5,12,15-17,19,22-23H,2,4,6-11H2. The van der Waals surface area contributed by atoms with Crippen LogP contribution in [0, 0.1) is 0 Å². The smallest absolute Gasteiger partial charge is 0.254 e. The molecular formula is C21H26N4O3. The lowest BCUT2D eigenvalue weighted by atomic mass is 9.97. The molecule has 7 heteroatoms. The number of rotatable bonds is 5. The zero-order valence-electron chi connectivity index (χ0n) is 15.9. The summed E-state index contributed by atoms with van der Waals surface area (Å²) in [5, 5.41) is 6.67. The number of Topliss-reactive ketones (excluding diaryl/α,β-unsaturated/α-hetero) is 1. The molecule has 0 aliphatic carbocycles. The SMILES string of the molecule is O=CC(=O)C1CCC(N2Cc3cc(CN4CC5CC4CN5)ccc3C2=O)CN1. The molecule has 5 rings (SSSR count). The second kappa shape index (κ2) is 7.06. The molecule has 3 saturated heterocycles. The van der Waals surface area contributed by atoms with Gasteiger partial charge in [-0.15, -0.1) is 0 Å². The third-order valence-corrected chi connectivity index (χ3v) is 6.85. The molecule has 7 nitrogen and oxygen atoms in total. The number of aldehydes is 1. The van der Waals surface area contributed by atoms with E-state index in [2.05, 4.69) is 27.7 Å². The number of piperidine rings is 1. The van der Waals surface area contributed by atoms with E-state index in [0.29, 0.717) is 37.9 Å². The zero-order chi connectivity index (χ0) is 19.3. The van der Waals surface area contributed by atoms with Crippen LogP contribution in [-0.4, -0.2) is 71.6 Å². The van der Waals surface area contributed by atoms with Gasteiger partial charge in [0.05, 0.1) is 6.04 Å². The van der Waals surface area contributed by atoms with Gasteiger partial charge in [0.25, 0.3) is 5.91 Å². The van der Waals surface area contributed by atoms with Gasteiger partial charge in [-0.2, -0.15) is 0 Å². The number of likely N-dealkylation sites (tertiary alicyclic amines) is 1. The van der Waals surface area contributed by atoms with E-state index >= 15 is 0 Å². The minimum absolute atomic E-state index is 0.0689. The Hall–Kier alpha value is -2.09. The summed E-state index contributed by atoms with van der Waals surface area (Å²) in [4.78, 5) is 39.6. The summed E-state index contributed by atoms with van der Waals surface area (Å²) in [5.41, 5.74) is 3.19. The van der Waals surface area contributed by atoms with Crippen molar-refractivity contribution in [3.05, 3.63) is 34.9 Å². The van der Waals surface area contributed by atoms with Gasteiger partial charge in [0, 0.05) is 56.4 Å². The molecule has 1 aromatic carbocycles. The van der Waals surface area contributed by atoms with Crippen molar-refractivity contribution in [2.75, 3.05) is 19.6 Å². The van der Waals surface area contributed by atoms with E-state index in [1.807, 2.05) is 11.0 Å². The van der Waals surface area contributed by atoms with Crippen LogP contribution in [0.1, 0.15) is 40.7 Å². The first-order chi connectivity index (χ1) is 13.6. The summed E-state index contributed by atoms with van der Waals surface area (Å²) >= 11 is 0. The highest BCUT2D eigenvalue weighted by Crippen LogP contribution is 2.30. The van der Waals surface area contributed by atoms with E-state index in [9.17, 15) is 14.4 Å². The largest absolute Gasteiger partial charge is 0.330 e. The maximum Gasteiger partial charge on any atom is 0.254 e. The van der Waals surface area contributed by atoms with Crippen molar-refractivity contribution < 1.29 is 14.4 Å². The molecular weight excluding hydrogens is 356 g/mol. The molecule has 0 saturated carbocycles. The molecule has 28 heavy (non-hydrogen) atoms. The van der Waals surface area contributed by atoms with Crippen LogP contribution in [0.4, 0.5) is 0 Å². The van der Waals surface area contributed by atoms with E-state index in [1.165, 1.54) is 12.0 Å². The number of carbonyl (C=O) groups excluding carboxylic acids is 3. The maximum absolute atomic E-state index is 12.9. The fourth-order valence-electron chi connectivity index (χ4n) is 5.30. The fourth-order valence-corrected chi connectivity index (χ4v) is 5.30. The topological polar surface area (TPSA) is 81.8 Å². The Morgan fingerprint density at radius 1 is 1.18 bits per heavy atom. The number of piperazine rings is 1.